The van der Waals surface area contributed by atoms with Crippen LogP contribution in [0.2, 0.25) is 0 Å². The van der Waals surface area contributed by atoms with Gasteiger partial charge in [0.1, 0.15) is 0 Å². The van der Waals surface area contributed by atoms with Crippen LogP contribution in [0, 0.1) is 20.2 Å². The monoisotopic (exact) mass is 448 g/mol. The summed E-state index contributed by atoms with van der Waals surface area (Å²) in [7, 11) is 0. The Hall–Kier alpha value is -5.84. The maximum atomic E-state index is 10.7. The van der Waals surface area contributed by atoms with Crippen LogP contribution in [0.25, 0.3) is 0 Å². The van der Waals surface area contributed by atoms with Crippen LogP contribution in [-0.2, 0) is 0 Å². The predicted molar refractivity (Wildman–Crippen MR) is 83.0 cm³/mol. The van der Waals surface area contributed by atoms with Gasteiger partial charge in [-0.2, -0.15) is 0 Å². The first-order chi connectivity index (χ1) is 15.5. The molecule has 0 aliphatic heterocycles. The molecule has 4 rings (SSSR count). The number of nitro groups is 2. The lowest BCUT2D eigenvalue weighted by Gasteiger charge is -1.86. The van der Waals surface area contributed by atoms with E-state index in [-0.39, 0.29) is 23.3 Å². The molecule has 0 saturated carbocycles. The van der Waals surface area contributed by atoms with Crippen molar-refractivity contribution < 1.29 is 28.4 Å². The predicted octanol–water partition coefficient (Wildman–Crippen LogP) is 2.28. The molecular formula is C8N16O8. The molecule has 4 aromatic heterocycles. The Morgan fingerprint density at radius 1 is 0.469 bits per heavy atom. The van der Waals surface area contributed by atoms with Crippen molar-refractivity contribution in [3.05, 3.63) is 20.2 Å². The molecule has 0 amide bonds. The number of aromatic nitrogens is 8. The van der Waals surface area contributed by atoms with Crippen LogP contribution in [0.15, 0.2) is 49.2 Å². The SMILES string of the molecule is O=[N+]([O-])c1nonc1N=Nc1nonc1N=Nc1nonc1N=Nc1nonc1[N+](=O)[O-]. The van der Waals surface area contributed by atoms with E-state index in [0.717, 1.165) is 0 Å². The highest BCUT2D eigenvalue weighted by Crippen LogP contribution is 2.31. The molecule has 4 aromatic rings. The van der Waals surface area contributed by atoms with Crippen molar-refractivity contribution in [1.29, 1.82) is 0 Å². The maximum absolute atomic E-state index is 10.7. The van der Waals surface area contributed by atoms with Gasteiger partial charge in [0, 0.05) is 10.3 Å². The van der Waals surface area contributed by atoms with E-state index in [9.17, 15) is 20.2 Å². The Kier molecular flexibility index (Phi) is 5.03. The number of rotatable bonds is 8. The van der Waals surface area contributed by atoms with Gasteiger partial charge in [-0.05, 0) is 30.5 Å². The molecule has 0 aliphatic carbocycles. The van der Waals surface area contributed by atoms with Crippen LogP contribution in [0.4, 0.5) is 46.5 Å². The average Bonchev–Trinajstić information content (AvgIpc) is 3.56. The van der Waals surface area contributed by atoms with Crippen LogP contribution >= 0.6 is 0 Å². The Balaban J connectivity index is 1.52. The Bertz CT molecular complexity index is 1250. The van der Waals surface area contributed by atoms with Gasteiger partial charge in [-0.3, -0.25) is 0 Å². The zero-order chi connectivity index (χ0) is 22.5. The number of azo groups is 3. The fraction of sp³-hybridized carbons (Fsp3) is 0. The van der Waals surface area contributed by atoms with E-state index < -0.39 is 33.1 Å². The summed E-state index contributed by atoms with van der Waals surface area (Å²) in [5.74, 6) is -4.13. The Labute approximate surface area is 168 Å². The largest absolute Gasteiger partial charge is 0.462 e. The van der Waals surface area contributed by atoms with Crippen LogP contribution in [0.3, 0.4) is 0 Å². The first-order valence-corrected chi connectivity index (χ1v) is 7.37. The normalized spacial score (nSPS) is 11.9. The number of hydrogen-bond donors (Lipinski definition) is 0. The smallest absolute Gasteiger partial charge is 0.358 e. The molecule has 4 heterocycles. The van der Waals surface area contributed by atoms with Gasteiger partial charge < -0.3 is 20.2 Å². The minimum Gasteiger partial charge on any atom is -0.358 e. The lowest BCUT2D eigenvalue weighted by molar-refractivity contribution is -0.390. The molecule has 24 nitrogen and oxygen atoms in total. The first kappa shape index (κ1) is 19.5. The first-order valence-electron chi connectivity index (χ1n) is 7.37. The summed E-state index contributed by atoms with van der Waals surface area (Å²) in [6, 6.07) is 0. The summed E-state index contributed by atoms with van der Waals surface area (Å²) in [6.45, 7) is 0. The maximum Gasteiger partial charge on any atom is 0.462 e. The second kappa shape index (κ2) is 8.26. The van der Waals surface area contributed by atoms with Crippen molar-refractivity contribution in [2.75, 3.05) is 0 Å². The van der Waals surface area contributed by atoms with Gasteiger partial charge in [0.2, 0.25) is 0 Å². The van der Waals surface area contributed by atoms with Crippen molar-refractivity contribution in [3.63, 3.8) is 0 Å². The molecule has 0 atom stereocenters. The van der Waals surface area contributed by atoms with E-state index in [1.165, 1.54) is 0 Å². The summed E-state index contributed by atoms with van der Waals surface area (Å²) < 4.78 is 17.3. The van der Waals surface area contributed by atoms with Gasteiger partial charge in [0.25, 0.3) is 23.3 Å². The molecular weight excluding hydrogens is 448 g/mol. The zero-order valence-corrected chi connectivity index (χ0v) is 14.4. The quantitative estimate of drug-likeness (QED) is 0.212. The second-order valence-corrected chi connectivity index (χ2v) is 4.76. The minimum atomic E-state index is -0.899. The Morgan fingerprint density at radius 3 is 1.03 bits per heavy atom. The van der Waals surface area contributed by atoms with Gasteiger partial charge in [0.15, 0.2) is 10.3 Å². The van der Waals surface area contributed by atoms with Gasteiger partial charge in [0.05, 0.1) is 0 Å². The highest BCUT2D eigenvalue weighted by atomic mass is 16.6. The van der Waals surface area contributed by atoms with Crippen molar-refractivity contribution >= 4 is 46.5 Å². The standard InChI is InChI=1S/C8N16O8/c25-23(26)7-5(19-31-21-7)13-11-3-1(15-29-17-3)9-10-2-4(18-30-16-2)12-14-6-8(24(27)28)22-32-20-6. The van der Waals surface area contributed by atoms with Crippen LogP contribution < -0.4 is 0 Å². The lowest BCUT2D eigenvalue weighted by Crippen LogP contribution is -1.87. The summed E-state index contributed by atoms with van der Waals surface area (Å²) in [4.78, 5) is 19.7. The minimum absolute atomic E-state index is 0.352. The van der Waals surface area contributed by atoms with E-state index in [4.69, 9.17) is 0 Å². The fourth-order valence-electron chi connectivity index (χ4n) is 1.61. The van der Waals surface area contributed by atoms with Crippen LogP contribution in [0.1, 0.15) is 0 Å². The third-order valence-corrected chi connectivity index (χ3v) is 2.88. The summed E-state index contributed by atoms with van der Waals surface area (Å²) in [6.07, 6.45) is 0. The molecule has 24 heteroatoms. The van der Waals surface area contributed by atoms with E-state index in [1.54, 1.807) is 0 Å². The second-order valence-electron chi connectivity index (χ2n) is 4.76. The third kappa shape index (κ3) is 3.97. The van der Waals surface area contributed by atoms with Gasteiger partial charge >= 0.3 is 23.3 Å². The molecule has 32 heavy (non-hydrogen) atoms. The topological polar surface area (TPSA) is 316 Å². The van der Waals surface area contributed by atoms with Crippen molar-refractivity contribution in [2.24, 2.45) is 30.7 Å². The lowest BCUT2D eigenvalue weighted by atomic mass is 10.6. The van der Waals surface area contributed by atoms with E-state index in [2.05, 4.69) is 90.5 Å². The average molecular weight is 448 g/mol. The van der Waals surface area contributed by atoms with E-state index in [1.807, 2.05) is 0 Å². The molecule has 0 radical (unpaired) electrons. The molecule has 0 aliphatic rings. The van der Waals surface area contributed by atoms with Gasteiger partial charge in [-0.25, -0.2) is 9.26 Å². The third-order valence-electron chi connectivity index (χ3n) is 2.88. The molecule has 0 spiro atoms. The highest BCUT2D eigenvalue weighted by molar-refractivity contribution is 5.52. The number of nitrogens with zero attached hydrogens (tertiary/aromatic N) is 16. The molecule has 0 N–H and O–H groups in total. The molecule has 0 unspecified atom stereocenters. The summed E-state index contributed by atoms with van der Waals surface area (Å²) in [5, 5.41) is 68.5. The molecule has 0 saturated heterocycles. The molecule has 0 aromatic carbocycles. The Morgan fingerprint density at radius 2 is 0.719 bits per heavy atom. The van der Waals surface area contributed by atoms with Crippen molar-refractivity contribution in [2.45, 2.75) is 0 Å². The van der Waals surface area contributed by atoms with E-state index >= 15 is 0 Å². The number of hydrogen-bond acceptors (Lipinski definition) is 22. The molecule has 0 fully saturated rings. The molecule has 160 valence electrons. The van der Waals surface area contributed by atoms with Gasteiger partial charge in [-0.1, -0.05) is 0 Å². The van der Waals surface area contributed by atoms with Crippen molar-refractivity contribution in [3.8, 4) is 0 Å². The van der Waals surface area contributed by atoms with Gasteiger partial charge in [-0.15, -0.1) is 39.9 Å². The van der Waals surface area contributed by atoms with Crippen molar-refractivity contribution in [1.82, 2.24) is 41.3 Å². The summed E-state index contributed by atoms with van der Waals surface area (Å²) >= 11 is 0. The summed E-state index contributed by atoms with van der Waals surface area (Å²) in [5.41, 5.74) is 0. The highest BCUT2D eigenvalue weighted by Gasteiger charge is 2.23. The zero-order valence-electron chi connectivity index (χ0n) is 14.4. The van der Waals surface area contributed by atoms with Crippen LogP contribution in [-0.4, -0.2) is 51.1 Å². The molecule has 0 bridgehead atoms. The fourth-order valence-corrected chi connectivity index (χ4v) is 1.61. The van der Waals surface area contributed by atoms with Crippen LogP contribution in [0.5, 0.6) is 0 Å². The van der Waals surface area contributed by atoms with E-state index in [0.29, 0.717) is 0 Å².